The van der Waals surface area contributed by atoms with E-state index in [2.05, 4.69) is 86.6 Å². The van der Waals surface area contributed by atoms with E-state index in [4.69, 9.17) is 19.4 Å². The summed E-state index contributed by atoms with van der Waals surface area (Å²) in [6.07, 6.45) is 26.2. The molecule has 0 unspecified atom stereocenters. The second-order valence-electron chi connectivity index (χ2n) is 15.8. The fraction of sp³-hybridized carbons (Fsp3) is 0.480. The number of aromatic nitrogens is 2. The molecule has 0 saturated heterocycles. The van der Waals surface area contributed by atoms with Crippen molar-refractivity contribution >= 4 is 43.4 Å². The summed E-state index contributed by atoms with van der Waals surface area (Å²) in [5.41, 5.74) is 6.04. The predicted octanol–water partition coefficient (Wildman–Crippen LogP) is 15.3. The Kier molecular flexibility index (Phi) is 13.7. The molecular weight excluding hydrogens is 661 g/mol. The summed E-state index contributed by atoms with van der Waals surface area (Å²) >= 11 is 0. The molecule has 4 heteroatoms. The summed E-state index contributed by atoms with van der Waals surface area (Å²) in [5.74, 6) is 1.59. The second kappa shape index (κ2) is 19.4. The smallest absolute Gasteiger partial charge is 0.163 e. The number of ether oxygens (including phenoxy) is 2. The maximum atomic E-state index is 6.54. The third-order valence-electron chi connectivity index (χ3n) is 11.6. The normalized spacial score (nSPS) is 12.0. The summed E-state index contributed by atoms with van der Waals surface area (Å²) in [5, 5.41) is 7.40. The van der Waals surface area contributed by atoms with Crippen LogP contribution in [0.3, 0.4) is 0 Å². The summed E-state index contributed by atoms with van der Waals surface area (Å²) in [7, 11) is 0. The Morgan fingerprint density at radius 2 is 0.778 bits per heavy atom. The van der Waals surface area contributed by atoms with Crippen LogP contribution in [0, 0.1) is 0 Å². The molecule has 54 heavy (non-hydrogen) atoms. The maximum absolute atomic E-state index is 6.54. The molecule has 1 aliphatic rings. The van der Waals surface area contributed by atoms with E-state index in [0.29, 0.717) is 13.2 Å². The molecule has 0 amide bonds. The Labute approximate surface area is 324 Å². The lowest BCUT2D eigenvalue weighted by molar-refractivity contribution is 0.259. The molecule has 6 aromatic rings. The molecule has 4 nitrogen and oxygen atoms in total. The zero-order valence-corrected chi connectivity index (χ0v) is 33.2. The predicted molar refractivity (Wildman–Crippen MR) is 231 cm³/mol. The first-order valence-electron chi connectivity index (χ1n) is 21.8. The van der Waals surface area contributed by atoms with Crippen molar-refractivity contribution in [2.24, 2.45) is 0 Å². The SMILES string of the molecule is CCCCCCCCCCCCOc1cc2nc3c(nc2cc1OCCCCCCCCCCCC)-c1c2ccccc2cc2cc4ccccc4c-3c12. The minimum Gasteiger partial charge on any atom is -0.490 e. The van der Waals surface area contributed by atoms with Crippen LogP contribution in [-0.2, 0) is 0 Å². The quantitative estimate of drug-likeness (QED) is 0.0460. The molecule has 0 fully saturated rings. The van der Waals surface area contributed by atoms with Gasteiger partial charge in [-0.2, -0.15) is 0 Å². The lowest BCUT2D eigenvalue weighted by atomic mass is 9.94. The maximum Gasteiger partial charge on any atom is 0.163 e. The van der Waals surface area contributed by atoms with Crippen molar-refractivity contribution in [1.29, 1.82) is 0 Å². The topological polar surface area (TPSA) is 44.2 Å². The molecule has 5 aromatic carbocycles. The first kappa shape index (κ1) is 38.1. The molecule has 1 aromatic heterocycles. The number of hydrogen-bond acceptors (Lipinski definition) is 4. The molecule has 0 bridgehead atoms. The van der Waals surface area contributed by atoms with Gasteiger partial charge in [0.05, 0.1) is 35.6 Å². The van der Waals surface area contributed by atoms with Crippen LogP contribution in [0.5, 0.6) is 11.5 Å². The van der Waals surface area contributed by atoms with Crippen molar-refractivity contribution < 1.29 is 9.47 Å². The van der Waals surface area contributed by atoms with Gasteiger partial charge in [0.1, 0.15) is 0 Å². The summed E-state index contributed by atoms with van der Waals surface area (Å²) in [6, 6.07) is 26.3. The van der Waals surface area contributed by atoms with Gasteiger partial charge in [-0.3, -0.25) is 0 Å². The van der Waals surface area contributed by atoms with E-state index in [1.54, 1.807) is 0 Å². The first-order chi connectivity index (χ1) is 26.8. The van der Waals surface area contributed by atoms with Gasteiger partial charge in [0, 0.05) is 28.6 Å². The minimum atomic E-state index is 0.691. The van der Waals surface area contributed by atoms with Crippen LogP contribution in [0.15, 0.2) is 72.8 Å². The van der Waals surface area contributed by atoms with Gasteiger partial charge in [0.2, 0.25) is 0 Å². The van der Waals surface area contributed by atoms with E-state index in [-0.39, 0.29) is 0 Å². The Morgan fingerprint density at radius 1 is 0.407 bits per heavy atom. The Balaban J connectivity index is 1.10. The largest absolute Gasteiger partial charge is 0.490 e. The fourth-order valence-electron chi connectivity index (χ4n) is 8.58. The van der Waals surface area contributed by atoms with Gasteiger partial charge in [-0.15, -0.1) is 0 Å². The Morgan fingerprint density at radius 3 is 1.19 bits per heavy atom. The molecule has 0 atom stereocenters. The zero-order chi connectivity index (χ0) is 37.0. The van der Waals surface area contributed by atoms with E-state index in [9.17, 15) is 0 Å². The first-order valence-corrected chi connectivity index (χ1v) is 21.8. The Hall–Kier alpha value is -4.18. The van der Waals surface area contributed by atoms with Crippen LogP contribution in [0.2, 0.25) is 0 Å². The van der Waals surface area contributed by atoms with Crippen molar-refractivity contribution in [3.63, 3.8) is 0 Å². The van der Waals surface area contributed by atoms with E-state index in [0.717, 1.165) is 46.8 Å². The highest BCUT2D eigenvalue weighted by Crippen LogP contribution is 2.52. The molecule has 1 aliphatic carbocycles. The van der Waals surface area contributed by atoms with Gasteiger partial charge < -0.3 is 9.47 Å². The number of fused-ring (bicyclic) bond motifs is 8. The Bertz CT molecular complexity index is 1990. The number of hydrogen-bond donors (Lipinski definition) is 0. The van der Waals surface area contributed by atoms with E-state index in [1.807, 2.05) is 0 Å². The second-order valence-corrected chi connectivity index (χ2v) is 15.8. The molecule has 1 heterocycles. The highest BCUT2D eigenvalue weighted by molar-refractivity contribution is 6.28. The molecule has 0 aliphatic heterocycles. The third kappa shape index (κ3) is 9.02. The van der Waals surface area contributed by atoms with Gasteiger partial charge >= 0.3 is 0 Å². The number of rotatable bonds is 24. The van der Waals surface area contributed by atoms with Crippen molar-refractivity contribution in [2.75, 3.05) is 13.2 Å². The van der Waals surface area contributed by atoms with Crippen LogP contribution in [0.4, 0.5) is 0 Å². The van der Waals surface area contributed by atoms with Crippen LogP contribution >= 0.6 is 0 Å². The molecule has 0 spiro atoms. The number of benzene rings is 5. The molecule has 0 saturated carbocycles. The average Bonchev–Trinajstić information content (AvgIpc) is 3.53. The number of nitrogens with zero attached hydrogens (tertiary/aromatic N) is 2. The zero-order valence-electron chi connectivity index (χ0n) is 33.2. The summed E-state index contributed by atoms with van der Waals surface area (Å²) in [4.78, 5) is 10.8. The van der Waals surface area contributed by atoms with Gasteiger partial charge in [-0.25, -0.2) is 9.97 Å². The van der Waals surface area contributed by atoms with Gasteiger partial charge in [-0.05, 0) is 51.9 Å². The monoisotopic (exact) mass is 722 g/mol. The third-order valence-corrected chi connectivity index (χ3v) is 11.6. The highest BCUT2D eigenvalue weighted by Gasteiger charge is 2.29. The number of unbranched alkanes of at least 4 members (excludes halogenated alkanes) is 18. The van der Waals surface area contributed by atoms with E-state index in [1.165, 1.54) is 159 Å². The van der Waals surface area contributed by atoms with Crippen LogP contribution < -0.4 is 9.47 Å². The van der Waals surface area contributed by atoms with Crippen LogP contribution in [-0.4, -0.2) is 23.2 Å². The van der Waals surface area contributed by atoms with Crippen molar-refractivity contribution in [2.45, 2.75) is 142 Å². The van der Waals surface area contributed by atoms with Crippen LogP contribution in [0.1, 0.15) is 142 Å². The lowest BCUT2D eigenvalue weighted by Gasteiger charge is -2.15. The van der Waals surface area contributed by atoms with Crippen molar-refractivity contribution in [1.82, 2.24) is 9.97 Å². The molecular formula is C50H62N2O2. The van der Waals surface area contributed by atoms with Gasteiger partial charge in [-0.1, -0.05) is 178 Å². The lowest BCUT2D eigenvalue weighted by Crippen LogP contribution is -2.04. The molecule has 284 valence electrons. The minimum absolute atomic E-state index is 0.691. The van der Waals surface area contributed by atoms with Crippen LogP contribution in [0.25, 0.3) is 65.9 Å². The molecule has 0 N–H and O–H groups in total. The highest BCUT2D eigenvalue weighted by atomic mass is 16.5. The van der Waals surface area contributed by atoms with Gasteiger partial charge in [0.15, 0.2) is 11.5 Å². The van der Waals surface area contributed by atoms with Gasteiger partial charge in [0.25, 0.3) is 0 Å². The average molecular weight is 723 g/mol. The molecule has 7 rings (SSSR count). The summed E-state index contributed by atoms with van der Waals surface area (Å²) in [6.45, 7) is 5.96. The van der Waals surface area contributed by atoms with Crippen molar-refractivity contribution in [3.05, 3.63) is 72.8 Å². The van der Waals surface area contributed by atoms with E-state index < -0.39 is 0 Å². The fourth-order valence-corrected chi connectivity index (χ4v) is 8.58. The van der Waals surface area contributed by atoms with Crippen molar-refractivity contribution in [3.8, 4) is 34.0 Å². The molecule has 0 radical (unpaired) electrons. The standard InChI is InChI=1S/C50H62N2O2/c1-3-5-7-9-11-13-15-17-19-25-31-53-44-35-42-43(36-45(44)54-32-26-20-18-16-14-12-10-8-6-4-2)52-50-48-41-30-24-22-28-38(41)34-39-33-37-27-21-23-29-40(37)47(46(39)48)49(50)51-42/h21-24,27-30,33-36H,3-20,25-26,31-32H2,1-2H3. The summed E-state index contributed by atoms with van der Waals surface area (Å²) < 4.78 is 13.1. The van der Waals surface area contributed by atoms with E-state index >= 15 is 0 Å².